The van der Waals surface area contributed by atoms with E-state index in [0.29, 0.717) is 0 Å². The van der Waals surface area contributed by atoms with Crippen LogP contribution in [0.4, 0.5) is 0 Å². The summed E-state index contributed by atoms with van der Waals surface area (Å²) in [5.41, 5.74) is 32.7. The van der Waals surface area contributed by atoms with Gasteiger partial charge in [-0.3, -0.25) is 0 Å². The highest BCUT2D eigenvalue weighted by molar-refractivity contribution is 6.23. The van der Waals surface area contributed by atoms with Crippen LogP contribution in [-0.2, 0) is 29.1 Å². The predicted molar refractivity (Wildman–Crippen MR) is 383 cm³/mol. The van der Waals surface area contributed by atoms with Crippen molar-refractivity contribution in [3.63, 3.8) is 0 Å². The van der Waals surface area contributed by atoms with E-state index in [1.165, 1.54) is 177 Å². The second-order valence-corrected chi connectivity index (χ2v) is 26.1. The van der Waals surface area contributed by atoms with Crippen LogP contribution in [-0.4, -0.2) is 0 Å². The van der Waals surface area contributed by atoms with Gasteiger partial charge in [-0.15, -0.1) is 0 Å². The van der Waals surface area contributed by atoms with E-state index in [9.17, 15) is 0 Å². The highest BCUT2D eigenvalue weighted by Gasteiger charge is 2.44. The number of fused-ring (bicyclic) bond motifs is 13. The zero-order valence-corrected chi connectivity index (χ0v) is 53.1. The third kappa shape index (κ3) is 7.78. The minimum atomic E-state index is -0.142. The van der Waals surface area contributed by atoms with Gasteiger partial charge in [0.2, 0.25) is 0 Å². The summed E-state index contributed by atoms with van der Waals surface area (Å²) in [5.74, 6) is 0. The lowest BCUT2D eigenvalue weighted by atomic mass is 9.72. The third-order valence-corrected chi connectivity index (χ3v) is 22.9. The van der Waals surface area contributed by atoms with E-state index in [1.54, 1.807) is 0 Å². The van der Waals surface area contributed by atoms with Crippen LogP contribution < -0.4 is 0 Å². The summed E-state index contributed by atoms with van der Waals surface area (Å²) < 4.78 is 0. The molecule has 0 bridgehead atoms. The fourth-order valence-electron chi connectivity index (χ4n) is 18.0. The molecule has 434 valence electrons. The van der Waals surface area contributed by atoms with E-state index in [0.717, 1.165) is 51.4 Å². The van der Waals surface area contributed by atoms with Gasteiger partial charge in [0.05, 0.1) is 0 Å². The molecule has 3 aliphatic rings. The maximum absolute atomic E-state index is 2.61. The van der Waals surface area contributed by atoms with Crippen LogP contribution in [0.3, 0.4) is 0 Å². The molecule has 0 saturated carbocycles. The Bertz CT molecular complexity index is 5050. The van der Waals surface area contributed by atoms with E-state index in [4.69, 9.17) is 0 Å². The van der Waals surface area contributed by atoms with E-state index >= 15 is 0 Å². The van der Waals surface area contributed by atoms with E-state index in [2.05, 4.69) is 286 Å². The second kappa shape index (κ2) is 21.0. The van der Waals surface area contributed by atoms with Gasteiger partial charge >= 0.3 is 0 Å². The topological polar surface area (TPSA) is 0 Å². The maximum Gasteiger partial charge on any atom is 0.0210 e. The van der Waals surface area contributed by atoms with Crippen molar-refractivity contribution in [2.45, 2.75) is 123 Å². The lowest BCUT2D eigenvalue weighted by Gasteiger charge is -2.31. The smallest absolute Gasteiger partial charge is 0.0210 e. The number of benzene rings is 13. The molecule has 0 N–H and O–H groups in total. The van der Waals surface area contributed by atoms with Crippen LogP contribution in [0.5, 0.6) is 0 Å². The Kier molecular flexibility index (Phi) is 13.0. The normalized spacial score (nSPS) is 14.5. The fourth-order valence-corrected chi connectivity index (χ4v) is 18.0. The molecule has 89 heavy (non-hydrogen) atoms. The molecule has 0 atom stereocenters. The van der Waals surface area contributed by atoms with Gasteiger partial charge in [-0.1, -0.05) is 256 Å². The van der Waals surface area contributed by atoms with Crippen LogP contribution in [0.25, 0.3) is 132 Å². The van der Waals surface area contributed by atoms with Crippen molar-refractivity contribution in [3.05, 3.63) is 275 Å². The van der Waals surface area contributed by atoms with Gasteiger partial charge in [0.15, 0.2) is 0 Å². The van der Waals surface area contributed by atoms with Crippen molar-refractivity contribution in [3.8, 4) is 89.0 Å². The van der Waals surface area contributed by atoms with Gasteiger partial charge in [0.25, 0.3) is 0 Å². The Morgan fingerprint density at radius 1 is 0.202 bits per heavy atom. The summed E-state index contributed by atoms with van der Waals surface area (Å²) >= 11 is 0. The zero-order valence-electron chi connectivity index (χ0n) is 53.1. The first-order valence-electron chi connectivity index (χ1n) is 33.5. The lowest BCUT2D eigenvalue weighted by Crippen LogP contribution is -2.23. The maximum atomic E-state index is 2.61. The molecule has 13 aromatic carbocycles. The molecule has 0 nitrogen and oxygen atoms in total. The van der Waals surface area contributed by atoms with Crippen LogP contribution >= 0.6 is 0 Å². The first-order chi connectivity index (χ1) is 43.7. The minimum Gasteiger partial charge on any atom is -0.0642 e. The largest absolute Gasteiger partial charge is 0.0642 e. The standard InChI is InChI=1S/C89H78/c1-9-55-34-41-73-75(48-55)83(57-26-18-17-19-27-57)69-29-20-21-30-70(69)84(73)60-38-46-67-65-43-36-58(50-78(65)88(13-5,14-6)81(67)52-60)59-37-44-66-68-47-39-61(53-82(68)89(15-7,16-8)79(66)51-59)85-71-31-22-23-32-72(71)86(76-49-56(10-2)35-42-74(76)85)62-40-45-64-63-28-24-25-33-77(63)87(11-3,12-4)80(64)54-62/h17-54H,9-16H2,1-8H3. The first-order valence-corrected chi connectivity index (χ1v) is 33.5. The summed E-state index contributed by atoms with van der Waals surface area (Å²) in [5, 5.41) is 10.5. The van der Waals surface area contributed by atoms with Gasteiger partial charge in [-0.05, 0) is 258 Å². The van der Waals surface area contributed by atoms with Gasteiger partial charge in [0, 0.05) is 16.2 Å². The number of hydrogen-bond donors (Lipinski definition) is 0. The lowest BCUT2D eigenvalue weighted by molar-refractivity contribution is 0.490. The van der Waals surface area contributed by atoms with Crippen LogP contribution in [0.15, 0.2) is 231 Å². The first kappa shape index (κ1) is 55.2. The summed E-state index contributed by atoms with van der Waals surface area (Å²) in [4.78, 5) is 0. The van der Waals surface area contributed by atoms with E-state index < -0.39 is 0 Å². The van der Waals surface area contributed by atoms with Crippen molar-refractivity contribution < 1.29 is 0 Å². The molecule has 0 radical (unpaired) electrons. The van der Waals surface area contributed by atoms with Gasteiger partial charge in [-0.2, -0.15) is 0 Å². The van der Waals surface area contributed by atoms with Gasteiger partial charge < -0.3 is 0 Å². The Labute approximate surface area is 527 Å². The molecular weight excluding hydrogens is 1070 g/mol. The van der Waals surface area contributed by atoms with E-state index in [-0.39, 0.29) is 16.2 Å². The van der Waals surface area contributed by atoms with Gasteiger partial charge in [0.1, 0.15) is 0 Å². The number of hydrogen-bond acceptors (Lipinski definition) is 0. The highest BCUT2D eigenvalue weighted by Crippen LogP contribution is 2.59. The SMILES string of the molecule is CCc1ccc2c(-c3ccc4c(c3)C(CC)(CC)c3cc(-c5ccc6c(c5)C(CC)(CC)c5cc(-c7c8ccccc8c(-c8ccc9c(c8)C(CC)(CC)c8ccccc8-9)c8cc(CC)ccc78)ccc5-6)ccc3-4)c3ccccc3c(-c3ccccc3)c2c1. The fraction of sp³-hybridized carbons (Fsp3) is 0.213. The average molecular weight is 1150 g/mol. The van der Waals surface area contributed by atoms with E-state index in [1.807, 2.05) is 0 Å². The average Bonchev–Trinajstić information content (AvgIpc) is 1.73. The molecule has 13 aromatic rings. The van der Waals surface area contributed by atoms with Crippen molar-refractivity contribution in [1.82, 2.24) is 0 Å². The zero-order chi connectivity index (χ0) is 60.5. The van der Waals surface area contributed by atoms with Crippen LogP contribution in [0, 0.1) is 0 Å². The van der Waals surface area contributed by atoms with Gasteiger partial charge in [-0.25, -0.2) is 0 Å². The third-order valence-electron chi connectivity index (χ3n) is 22.9. The number of rotatable bonds is 13. The van der Waals surface area contributed by atoms with Crippen LogP contribution in [0.2, 0.25) is 0 Å². The summed E-state index contributed by atoms with van der Waals surface area (Å²) in [7, 11) is 0. The quantitative estimate of drug-likeness (QED) is 0.101. The molecule has 0 heterocycles. The monoisotopic (exact) mass is 1150 g/mol. The van der Waals surface area contributed by atoms with Crippen molar-refractivity contribution >= 4 is 43.1 Å². The molecule has 0 spiro atoms. The molecule has 0 saturated heterocycles. The van der Waals surface area contributed by atoms with Crippen molar-refractivity contribution in [2.75, 3.05) is 0 Å². The molecule has 0 aromatic heterocycles. The Balaban J connectivity index is 0.797. The molecule has 0 aliphatic heterocycles. The summed E-state index contributed by atoms with van der Waals surface area (Å²) in [6, 6.07) is 90.6. The Hall–Kier alpha value is -9.10. The summed E-state index contributed by atoms with van der Waals surface area (Å²) in [6.07, 6.45) is 8.22. The molecular formula is C89H78. The molecule has 0 heteroatoms. The van der Waals surface area contributed by atoms with Crippen LogP contribution in [0.1, 0.15) is 138 Å². The molecule has 3 aliphatic carbocycles. The molecule has 0 amide bonds. The Morgan fingerprint density at radius 3 is 0.854 bits per heavy atom. The van der Waals surface area contributed by atoms with Crippen molar-refractivity contribution in [1.29, 1.82) is 0 Å². The molecule has 0 fully saturated rings. The second-order valence-electron chi connectivity index (χ2n) is 26.1. The predicted octanol–water partition coefficient (Wildman–Crippen LogP) is 25.0. The minimum absolute atomic E-state index is 0.00476. The summed E-state index contributed by atoms with van der Waals surface area (Å²) in [6.45, 7) is 19.0. The van der Waals surface area contributed by atoms with Crippen molar-refractivity contribution in [2.24, 2.45) is 0 Å². The Morgan fingerprint density at radius 2 is 0.483 bits per heavy atom. The molecule has 16 rings (SSSR count). The highest BCUT2D eigenvalue weighted by atomic mass is 14.5. The number of aryl methyl sites for hydroxylation is 2. The molecule has 0 unspecified atom stereocenters.